The molecule has 0 spiro atoms. The molecule has 19 heavy (non-hydrogen) atoms. The van der Waals surface area contributed by atoms with Crippen molar-refractivity contribution in [2.45, 2.75) is 46.6 Å². The number of hydrogen-bond donors (Lipinski definition) is 0. The number of amides is 1. The summed E-state index contributed by atoms with van der Waals surface area (Å²) in [5.41, 5.74) is 0.534. The Bertz CT molecular complexity index is 486. The predicted octanol–water partition coefficient (Wildman–Crippen LogP) is 3.63. The van der Waals surface area contributed by atoms with Crippen LogP contribution in [-0.4, -0.2) is 18.1 Å². The minimum absolute atomic E-state index is 0.00548. The average Bonchev–Trinajstić information content (AvgIpc) is 2.24. The summed E-state index contributed by atoms with van der Waals surface area (Å²) >= 11 is 0. The molecule has 0 bridgehead atoms. The van der Waals surface area contributed by atoms with Gasteiger partial charge in [-0.1, -0.05) is 32.9 Å². The van der Waals surface area contributed by atoms with Crippen molar-refractivity contribution in [3.63, 3.8) is 0 Å². The molecule has 0 fully saturated rings. The van der Waals surface area contributed by atoms with E-state index in [0.29, 0.717) is 13.0 Å². The largest absolute Gasteiger partial charge is 0.484 e. The highest BCUT2D eigenvalue weighted by Gasteiger charge is 2.35. The standard InChI is InChI=1S/C16H23NO2/c1-15(2,3)10-14(18)17-11-16(4,5)19-13-9-7-6-8-12(13)17/h6-9H,10-11H2,1-5H3. The molecular weight excluding hydrogens is 238 g/mol. The van der Waals surface area contributed by atoms with Gasteiger partial charge in [-0.2, -0.15) is 0 Å². The summed E-state index contributed by atoms with van der Waals surface area (Å²) in [4.78, 5) is 14.4. The molecule has 2 rings (SSSR count). The van der Waals surface area contributed by atoms with E-state index in [2.05, 4.69) is 20.8 Å². The SMILES string of the molecule is CC(C)(C)CC(=O)N1CC(C)(C)Oc2ccccc21. The molecule has 1 aliphatic rings. The second-order valence-corrected chi connectivity index (χ2v) is 7.05. The van der Waals surface area contributed by atoms with Gasteiger partial charge in [-0.25, -0.2) is 0 Å². The number of carbonyl (C=O) groups excluding carboxylic acids is 1. The first-order valence-corrected chi connectivity index (χ1v) is 6.76. The molecule has 0 atom stereocenters. The lowest BCUT2D eigenvalue weighted by Crippen LogP contribution is -2.49. The number of rotatable bonds is 1. The lowest BCUT2D eigenvalue weighted by molar-refractivity contribution is -0.121. The first kappa shape index (κ1) is 13.9. The molecule has 0 radical (unpaired) electrons. The van der Waals surface area contributed by atoms with E-state index in [-0.39, 0.29) is 16.9 Å². The molecular formula is C16H23NO2. The summed E-state index contributed by atoms with van der Waals surface area (Å²) in [6.45, 7) is 10.9. The minimum Gasteiger partial charge on any atom is -0.484 e. The van der Waals surface area contributed by atoms with E-state index in [9.17, 15) is 4.79 Å². The summed E-state index contributed by atoms with van der Waals surface area (Å²) in [6, 6.07) is 7.75. The van der Waals surface area contributed by atoms with Crippen LogP contribution in [0, 0.1) is 5.41 Å². The van der Waals surface area contributed by atoms with Gasteiger partial charge in [-0.15, -0.1) is 0 Å². The quantitative estimate of drug-likeness (QED) is 0.772. The maximum atomic E-state index is 12.5. The third-order valence-electron chi connectivity index (χ3n) is 3.06. The van der Waals surface area contributed by atoms with Gasteiger partial charge in [-0.3, -0.25) is 4.79 Å². The number of para-hydroxylation sites is 2. The fourth-order valence-electron chi connectivity index (χ4n) is 2.33. The summed E-state index contributed by atoms with van der Waals surface area (Å²) in [5.74, 6) is 0.956. The molecule has 0 aliphatic carbocycles. The number of anilines is 1. The monoisotopic (exact) mass is 261 g/mol. The highest BCUT2D eigenvalue weighted by atomic mass is 16.5. The van der Waals surface area contributed by atoms with E-state index in [1.54, 1.807) is 0 Å². The van der Waals surface area contributed by atoms with Gasteiger partial charge >= 0.3 is 0 Å². The zero-order valence-electron chi connectivity index (χ0n) is 12.5. The van der Waals surface area contributed by atoms with E-state index in [4.69, 9.17) is 4.74 Å². The van der Waals surface area contributed by atoms with Gasteiger partial charge < -0.3 is 9.64 Å². The van der Waals surface area contributed by atoms with Crippen LogP contribution in [-0.2, 0) is 4.79 Å². The lowest BCUT2D eigenvalue weighted by atomic mass is 9.91. The molecule has 0 saturated carbocycles. The second kappa shape index (κ2) is 4.55. The topological polar surface area (TPSA) is 29.5 Å². The van der Waals surface area contributed by atoms with Crippen LogP contribution in [0.3, 0.4) is 0 Å². The maximum absolute atomic E-state index is 12.5. The molecule has 3 nitrogen and oxygen atoms in total. The Hall–Kier alpha value is -1.51. The van der Waals surface area contributed by atoms with Gasteiger partial charge in [0.2, 0.25) is 5.91 Å². The summed E-state index contributed by atoms with van der Waals surface area (Å²) in [7, 11) is 0. The number of nitrogens with zero attached hydrogens (tertiary/aromatic N) is 1. The molecule has 3 heteroatoms. The van der Waals surface area contributed by atoms with Crippen molar-refractivity contribution in [1.82, 2.24) is 0 Å². The molecule has 1 aromatic rings. The Balaban J connectivity index is 2.32. The third-order valence-corrected chi connectivity index (χ3v) is 3.06. The number of hydrogen-bond acceptors (Lipinski definition) is 2. The Labute approximate surface area is 115 Å². The minimum atomic E-state index is -0.345. The fourth-order valence-corrected chi connectivity index (χ4v) is 2.33. The Morgan fingerprint density at radius 3 is 2.58 bits per heavy atom. The molecule has 0 saturated heterocycles. The van der Waals surface area contributed by atoms with Gasteiger partial charge in [0, 0.05) is 6.42 Å². The molecule has 1 heterocycles. The zero-order valence-corrected chi connectivity index (χ0v) is 12.5. The molecule has 1 aromatic carbocycles. The number of fused-ring (bicyclic) bond motifs is 1. The van der Waals surface area contributed by atoms with Crippen LogP contribution in [0.15, 0.2) is 24.3 Å². The van der Waals surface area contributed by atoms with Crippen molar-refractivity contribution in [2.24, 2.45) is 5.41 Å². The third kappa shape index (κ3) is 3.28. The van der Waals surface area contributed by atoms with Gasteiger partial charge in [0.05, 0.1) is 12.2 Å². The van der Waals surface area contributed by atoms with E-state index < -0.39 is 0 Å². The van der Waals surface area contributed by atoms with Crippen molar-refractivity contribution < 1.29 is 9.53 Å². The van der Waals surface area contributed by atoms with Gasteiger partial charge in [-0.05, 0) is 31.4 Å². The van der Waals surface area contributed by atoms with Gasteiger partial charge in [0.25, 0.3) is 0 Å². The van der Waals surface area contributed by atoms with Crippen molar-refractivity contribution in [1.29, 1.82) is 0 Å². The zero-order chi connectivity index (χ0) is 14.3. The van der Waals surface area contributed by atoms with Crippen molar-refractivity contribution in [2.75, 3.05) is 11.4 Å². The summed E-state index contributed by atoms with van der Waals surface area (Å²) < 4.78 is 5.94. The Morgan fingerprint density at radius 2 is 1.95 bits per heavy atom. The van der Waals surface area contributed by atoms with E-state index in [1.165, 1.54) is 0 Å². The molecule has 1 amide bonds. The normalized spacial score (nSPS) is 17.6. The van der Waals surface area contributed by atoms with Gasteiger partial charge in [0.1, 0.15) is 11.4 Å². The van der Waals surface area contributed by atoms with E-state index in [1.807, 2.05) is 43.0 Å². The summed E-state index contributed by atoms with van der Waals surface area (Å²) in [5, 5.41) is 0. The molecule has 0 N–H and O–H groups in total. The van der Waals surface area contributed by atoms with Crippen LogP contribution in [0.4, 0.5) is 5.69 Å². The van der Waals surface area contributed by atoms with Crippen molar-refractivity contribution in [3.8, 4) is 5.75 Å². The van der Waals surface area contributed by atoms with Crippen LogP contribution in [0.25, 0.3) is 0 Å². The van der Waals surface area contributed by atoms with E-state index >= 15 is 0 Å². The Kier molecular flexibility index (Phi) is 3.33. The van der Waals surface area contributed by atoms with E-state index in [0.717, 1.165) is 11.4 Å². The molecule has 1 aliphatic heterocycles. The summed E-state index contributed by atoms with van der Waals surface area (Å²) in [6.07, 6.45) is 0.539. The average molecular weight is 261 g/mol. The van der Waals surface area contributed by atoms with Crippen LogP contribution < -0.4 is 9.64 Å². The smallest absolute Gasteiger partial charge is 0.227 e. The van der Waals surface area contributed by atoms with Crippen LogP contribution in [0.2, 0.25) is 0 Å². The van der Waals surface area contributed by atoms with Crippen molar-refractivity contribution >= 4 is 11.6 Å². The molecule has 0 aromatic heterocycles. The van der Waals surface area contributed by atoms with Crippen LogP contribution in [0.5, 0.6) is 5.75 Å². The van der Waals surface area contributed by atoms with Crippen LogP contribution in [0.1, 0.15) is 41.0 Å². The molecule has 104 valence electrons. The second-order valence-electron chi connectivity index (χ2n) is 7.05. The number of benzene rings is 1. The predicted molar refractivity (Wildman–Crippen MR) is 77.6 cm³/mol. The highest BCUT2D eigenvalue weighted by Crippen LogP contribution is 2.37. The van der Waals surface area contributed by atoms with Gasteiger partial charge in [0.15, 0.2) is 0 Å². The van der Waals surface area contributed by atoms with Crippen molar-refractivity contribution in [3.05, 3.63) is 24.3 Å². The number of ether oxygens (including phenoxy) is 1. The highest BCUT2D eigenvalue weighted by molar-refractivity contribution is 5.95. The number of carbonyl (C=O) groups is 1. The Morgan fingerprint density at radius 1 is 1.32 bits per heavy atom. The first-order chi connectivity index (χ1) is 8.68. The fraction of sp³-hybridized carbons (Fsp3) is 0.562. The maximum Gasteiger partial charge on any atom is 0.227 e. The molecule has 0 unspecified atom stereocenters. The van der Waals surface area contributed by atoms with Crippen LogP contribution >= 0.6 is 0 Å². The first-order valence-electron chi connectivity index (χ1n) is 6.76. The lowest BCUT2D eigenvalue weighted by Gasteiger charge is -2.40.